The monoisotopic (exact) mass is 446 g/mol. The standard InChI is InChI=1S/C25H23ClN4O2/c1-5-18(28-6-2)15-32-23-9-8-19(11-21(23)26)30-25-17(13-27)14-29-22-12-24(31-7-3)16(4)10-20(22)25/h5-6,8-12,14H,1-2,7,15H2,3-4H3,(H,29,30). The van der Waals surface area contributed by atoms with Gasteiger partial charge in [0.05, 0.1) is 34.1 Å². The molecule has 3 aromatic rings. The summed E-state index contributed by atoms with van der Waals surface area (Å²) >= 11 is 6.43. The van der Waals surface area contributed by atoms with Gasteiger partial charge in [0.2, 0.25) is 0 Å². The normalized spacial score (nSPS) is 11.0. The third kappa shape index (κ3) is 5.08. The van der Waals surface area contributed by atoms with Gasteiger partial charge in [-0.05, 0) is 49.8 Å². The molecule has 3 rings (SSSR count). The first-order valence-corrected chi connectivity index (χ1v) is 10.3. The number of benzene rings is 2. The van der Waals surface area contributed by atoms with Crippen molar-refractivity contribution in [2.75, 3.05) is 18.5 Å². The molecule has 7 heteroatoms. The topological polar surface area (TPSA) is 79.5 Å². The molecule has 1 N–H and O–H groups in total. The fourth-order valence-electron chi connectivity index (χ4n) is 3.12. The predicted molar refractivity (Wildman–Crippen MR) is 130 cm³/mol. The zero-order chi connectivity index (χ0) is 23.1. The minimum atomic E-state index is 0.219. The van der Waals surface area contributed by atoms with E-state index in [9.17, 15) is 5.26 Å². The van der Waals surface area contributed by atoms with Gasteiger partial charge < -0.3 is 14.8 Å². The molecular formula is C25H23ClN4O2. The van der Waals surface area contributed by atoms with Crippen molar-refractivity contribution in [3.63, 3.8) is 0 Å². The number of nitrogens with zero attached hydrogens (tertiary/aromatic N) is 3. The number of hydrogen-bond donors (Lipinski definition) is 1. The van der Waals surface area contributed by atoms with Gasteiger partial charge in [0.15, 0.2) is 0 Å². The van der Waals surface area contributed by atoms with Crippen LogP contribution in [0.25, 0.3) is 10.9 Å². The average molecular weight is 447 g/mol. The van der Waals surface area contributed by atoms with Gasteiger partial charge in [0, 0.05) is 29.5 Å². The quantitative estimate of drug-likeness (QED) is 0.387. The molecule has 2 aromatic carbocycles. The van der Waals surface area contributed by atoms with Crippen molar-refractivity contribution < 1.29 is 9.47 Å². The van der Waals surface area contributed by atoms with E-state index in [2.05, 4.69) is 34.5 Å². The van der Waals surface area contributed by atoms with E-state index in [1.54, 1.807) is 24.4 Å². The van der Waals surface area contributed by atoms with Gasteiger partial charge in [-0.3, -0.25) is 9.98 Å². The molecule has 0 amide bonds. The molecule has 1 heterocycles. The summed E-state index contributed by atoms with van der Waals surface area (Å²) in [5.41, 5.74) is 4.11. The molecule has 1 aromatic heterocycles. The molecular weight excluding hydrogens is 424 g/mol. The number of aliphatic imine (C=N–C) groups is 1. The predicted octanol–water partition coefficient (Wildman–Crippen LogP) is 6.36. The number of nitriles is 1. The minimum Gasteiger partial charge on any atom is -0.494 e. The molecule has 0 saturated carbocycles. The van der Waals surface area contributed by atoms with Crippen molar-refractivity contribution in [3.05, 3.63) is 78.1 Å². The Hall–Kier alpha value is -3.82. The summed E-state index contributed by atoms with van der Waals surface area (Å²) in [7, 11) is 0. The molecule has 0 fully saturated rings. The van der Waals surface area contributed by atoms with E-state index in [1.165, 1.54) is 6.20 Å². The van der Waals surface area contributed by atoms with Crippen LogP contribution < -0.4 is 14.8 Å². The van der Waals surface area contributed by atoms with E-state index >= 15 is 0 Å². The van der Waals surface area contributed by atoms with E-state index in [0.29, 0.717) is 40.0 Å². The van der Waals surface area contributed by atoms with Crippen LogP contribution in [0, 0.1) is 18.3 Å². The molecule has 6 nitrogen and oxygen atoms in total. The number of hydrogen-bond acceptors (Lipinski definition) is 6. The Balaban J connectivity index is 1.93. The molecule has 0 atom stereocenters. The Bertz CT molecular complexity index is 1240. The van der Waals surface area contributed by atoms with E-state index < -0.39 is 0 Å². The molecule has 0 aliphatic heterocycles. The Morgan fingerprint density at radius 3 is 2.72 bits per heavy atom. The number of aromatic nitrogens is 1. The fraction of sp³-hybridized carbons (Fsp3) is 0.160. The summed E-state index contributed by atoms with van der Waals surface area (Å²) < 4.78 is 11.4. The Kier molecular flexibility index (Phi) is 7.48. The fourth-order valence-corrected chi connectivity index (χ4v) is 3.35. The van der Waals surface area contributed by atoms with Crippen LogP contribution in [0.1, 0.15) is 18.1 Å². The number of pyridine rings is 1. The molecule has 32 heavy (non-hydrogen) atoms. The van der Waals surface area contributed by atoms with Gasteiger partial charge in [0.25, 0.3) is 0 Å². The highest BCUT2D eigenvalue weighted by Gasteiger charge is 2.13. The summed E-state index contributed by atoms with van der Waals surface area (Å²) in [5, 5.41) is 14.2. The van der Waals surface area contributed by atoms with Crippen LogP contribution >= 0.6 is 11.6 Å². The lowest BCUT2D eigenvalue weighted by Gasteiger charge is -2.15. The number of aryl methyl sites for hydroxylation is 1. The molecule has 162 valence electrons. The van der Waals surface area contributed by atoms with Crippen LogP contribution in [0.15, 0.2) is 67.0 Å². The zero-order valence-electron chi connectivity index (χ0n) is 18.0. The summed E-state index contributed by atoms with van der Waals surface area (Å²) in [6.07, 6.45) is 4.58. The number of rotatable bonds is 9. The number of halogens is 1. The number of fused-ring (bicyclic) bond motifs is 1. The number of nitrogens with one attached hydrogen (secondary N) is 1. The third-order valence-corrected chi connectivity index (χ3v) is 4.95. The SMILES string of the molecule is C=CN=C(C=C)COc1ccc(Nc2c(C#N)cnc3cc(OCC)c(C)cc23)cc1Cl. The molecule has 0 aliphatic rings. The molecule has 0 unspecified atom stereocenters. The maximum Gasteiger partial charge on any atom is 0.138 e. The molecule has 0 bridgehead atoms. The smallest absolute Gasteiger partial charge is 0.138 e. The second-order valence-corrected chi connectivity index (χ2v) is 7.20. The van der Waals surface area contributed by atoms with Crippen LogP contribution in [0.5, 0.6) is 11.5 Å². The van der Waals surface area contributed by atoms with Crippen molar-refractivity contribution in [1.29, 1.82) is 5.26 Å². The highest BCUT2D eigenvalue weighted by Crippen LogP contribution is 2.35. The largest absolute Gasteiger partial charge is 0.494 e. The van der Waals surface area contributed by atoms with Crippen LogP contribution in [0.4, 0.5) is 11.4 Å². The van der Waals surface area contributed by atoms with Crippen molar-refractivity contribution in [3.8, 4) is 17.6 Å². The maximum absolute atomic E-state index is 9.62. The second kappa shape index (κ2) is 10.5. The minimum absolute atomic E-state index is 0.219. The van der Waals surface area contributed by atoms with Gasteiger partial charge in [-0.25, -0.2) is 0 Å². The lowest BCUT2D eigenvalue weighted by Crippen LogP contribution is -2.08. The number of ether oxygens (including phenoxy) is 2. The molecule has 0 aliphatic carbocycles. The van der Waals surface area contributed by atoms with Gasteiger partial charge in [0.1, 0.15) is 24.2 Å². The molecule has 0 saturated heterocycles. The Morgan fingerprint density at radius 2 is 2.06 bits per heavy atom. The van der Waals surface area contributed by atoms with Crippen LogP contribution in [0.2, 0.25) is 5.02 Å². The van der Waals surface area contributed by atoms with Crippen LogP contribution in [-0.4, -0.2) is 23.9 Å². The Labute approximate surface area is 192 Å². The van der Waals surface area contributed by atoms with Gasteiger partial charge in [-0.15, -0.1) is 0 Å². The summed E-state index contributed by atoms with van der Waals surface area (Å²) in [4.78, 5) is 8.49. The summed E-state index contributed by atoms with van der Waals surface area (Å²) in [5.74, 6) is 1.28. The number of anilines is 2. The zero-order valence-corrected chi connectivity index (χ0v) is 18.7. The average Bonchev–Trinajstić information content (AvgIpc) is 2.79. The summed E-state index contributed by atoms with van der Waals surface area (Å²) in [6, 6.07) is 11.4. The van der Waals surface area contributed by atoms with Crippen LogP contribution in [-0.2, 0) is 0 Å². The van der Waals surface area contributed by atoms with Crippen molar-refractivity contribution >= 4 is 39.6 Å². The second-order valence-electron chi connectivity index (χ2n) is 6.79. The van der Waals surface area contributed by atoms with Crippen molar-refractivity contribution in [1.82, 2.24) is 4.98 Å². The van der Waals surface area contributed by atoms with E-state index in [0.717, 1.165) is 22.2 Å². The first-order valence-electron chi connectivity index (χ1n) is 9.96. The highest BCUT2D eigenvalue weighted by molar-refractivity contribution is 6.32. The summed E-state index contributed by atoms with van der Waals surface area (Å²) in [6.45, 7) is 11.9. The lowest BCUT2D eigenvalue weighted by atomic mass is 10.1. The Morgan fingerprint density at radius 1 is 1.25 bits per heavy atom. The van der Waals surface area contributed by atoms with Crippen molar-refractivity contribution in [2.24, 2.45) is 4.99 Å². The first kappa shape index (κ1) is 22.9. The van der Waals surface area contributed by atoms with Crippen molar-refractivity contribution in [2.45, 2.75) is 13.8 Å². The van der Waals surface area contributed by atoms with E-state index in [4.69, 9.17) is 21.1 Å². The van der Waals surface area contributed by atoms with E-state index in [1.807, 2.05) is 32.0 Å². The first-order chi connectivity index (χ1) is 15.5. The lowest BCUT2D eigenvalue weighted by molar-refractivity contribution is 0.338. The highest BCUT2D eigenvalue weighted by atomic mass is 35.5. The van der Waals surface area contributed by atoms with Gasteiger partial charge in [-0.2, -0.15) is 5.26 Å². The molecule has 0 spiro atoms. The van der Waals surface area contributed by atoms with Crippen LogP contribution in [0.3, 0.4) is 0 Å². The maximum atomic E-state index is 9.62. The molecule has 0 radical (unpaired) electrons. The third-order valence-electron chi connectivity index (χ3n) is 4.65. The van der Waals surface area contributed by atoms with Gasteiger partial charge >= 0.3 is 0 Å². The van der Waals surface area contributed by atoms with Gasteiger partial charge in [-0.1, -0.05) is 24.8 Å². The van der Waals surface area contributed by atoms with E-state index in [-0.39, 0.29) is 6.61 Å².